The maximum atomic E-state index is 12.8. The van der Waals surface area contributed by atoms with Crippen molar-refractivity contribution >= 4 is 23.3 Å². The Morgan fingerprint density at radius 3 is 2.39 bits per heavy atom. The van der Waals surface area contributed by atoms with Crippen LogP contribution in [0, 0.1) is 26.2 Å². The third-order valence-electron chi connectivity index (χ3n) is 9.29. The normalized spacial score (nSPS) is 17.8. The Kier molecular flexibility index (Phi) is 9.19. The van der Waals surface area contributed by atoms with Gasteiger partial charge in [-0.15, -0.1) is 0 Å². The molecule has 1 aromatic heterocycles. The molecule has 1 unspecified atom stereocenters. The molecule has 6 nitrogen and oxygen atoms in total. The Morgan fingerprint density at radius 2 is 1.75 bits per heavy atom. The minimum absolute atomic E-state index is 0.252. The van der Waals surface area contributed by atoms with Crippen molar-refractivity contribution < 1.29 is 14.6 Å². The Hall–Kier alpha value is -2.93. The molecule has 1 N–H and O–H groups in total. The molecule has 0 amide bonds. The number of halogens is 1. The molecule has 5 rings (SSSR count). The average molecular weight is 618 g/mol. The molecule has 3 heterocycles. The summed E-state index contributed by atoms with van der Waals surface area (Å²) in [7, 11) is 0. The van der Waals surface area contributed by atoms with Crippen LogP contribution in [0.25, 0.3) is 11.1 Å². The molecule has 1 atom stereocenters. The largest absolute Gasteiger partial charge is 0.479 e. The number of aryl methyl sites for hydroxylation is 3. The summed E-state index contributed by atoms with van der Waals surface area (Å²) in [6, 6.07) is 12.9. The van der Waals surface area contributed by atoms with Crippen LogP contribution in [0.3, 0.4) is 0 Å². The fraction of sp³-hybridized carbons (Fsp3) is 0.514. The summed E-state index contributed by atoms with van der Waals surface area (Å²) in [5, 5.41) is 11.3. The van der Waals surface area contributed by atoms with Gasteiger partial charge in [-0.2, -0.15) is 0 Å². The second-order valence-corrected chi connectivity index (χ2v) is 14.9. The summed E-state index contributed by atoms with van der Waals surface area (Å²) in [6.07, 6.45) is 1.89. The summed E-state index contributed by atoms with van der Waals surface area (Å²) in [5.74, 6) is -0.988. The number of nitrogens with zero attached hydrogens (tertiary/aromatic N) is 3. The van der Waals surface area contributed by atoms with Crippen LogP contribution in [-0.4, -0.2) is 46.2 Å². The highest BCUT2D eigenvalue weighted by Gasteiger charge is 2.36. The van der Waals surface area contributed by atoms with Crippen molar-refractivity contribution in [3.8, 4) is 11.1 Å². The van der Waals surface area contributed by atoms with Crippen molar-refractivity contribution in [1.29, 1.82) is 0 Å². The first-order chi connectivity index (χ1) is 20.6. The number of carbonyl (C=O) groups is 1. The van der Waals surface area contributed by atoms with Crippen molar-refractivity contribution in [2.24, 2.45) is 5.41 Å². The molecule has 2 aliphatic heterocycles. The van der Waals surface area contributed by atoms with E-state index in [0.29, 0.717) is 11.3 Å². The molecule has 0 bridgehead atoms. The van der Waals surface area contributed by atoms with Gasteiger partial charge >= 0.3 is 5.97 Å². The Bertz CT molecular complexity index is 1530. The number of benzene rings is 2. The monoisotopic (exact) mass is 617 g/mol. The van der Waals surface area contributed by atoms with E-state index < -0.39 is 17.7 Å². The molecule has 0 saturated carbocycles. The number of carboxylic acids is 1. The van der Waals surface area contributed by atoms with E-state index in [-0.39, 0.29) is 5.41 Å². The Morgan fingerprint density at radius 1 is 1.05 bits per heavy atom. The number of pyridine rings is 1. The van der Waals surface area contributed by atoms with E-state index in [0.717, 1.165) is 79.5 Å². The minimum Gasteiger partial charge on any atom is -0.479 e. The second kappa shape index (κ2) is 12.5. The molecule has 1 fully saturated rings. The number of hydrogen-bond acceptors (Lipinski definition) is 5. The Labute approximate surface area is 268 Å². The van der Waals surface area contributed by atoms with Gasteiger partial charge in [0.15, 0.2) is 6.10 Å². The van der Waals surface area contributed by atoms with Crippen LogP contribution >= 0.6 is 11.6 Å². The SMILES string of the molecule is Cc1cccc(Cl)c1CN1CCc2cc(-c3c(C)nc(C)c(C(OC(C)(C)C)C(=O)O)c3N3CCC(C)(C)CC3)ccc2C1. The zero-order chi connectivity index (χ0) is 32.0. The van der Waals surface area contributed by atoms with E-state index in [2.05, 4.69) is 61.8 Å². The van der Waals surface area contributed by atoms with Crippen molar-refractivity contribution in [2.75, 3.05) is 24.5 Å². The standard InChI is InChI=1S/C37H48ClN3O3/c1-23-10-9-11-30(38)29(23)22-40-17-14-26-20-27(12-13-28(26)21-40)31-24(2)39-25(3)32(34(35(42)43)44-36(4,5)6)33(31)41-18-15-37(7,8)16-19-41/h9-13,20,34H,14-19,21-22H2,1-8H3,(H,42,43). The van der Waals surface area contributed by atoms with Gasteiger partial charge in [0, 0.05) is 60.3 Å². The van der Waals surface area contributed by atoms with Crippen molar-refractivity contribution in [1.82, 2.24) is 9.88 Å². The van der Waals surface area contributed by atoms with Gasteiger partial charge in [-0.05, 0) is 100 Å². The predicted molar refractivity (Wildman–Crippen MR) is 180 cm³/mol. The lowest BCUT2D eigenvalue weighted by Gasteiger charge is -2.41. The summed E-state index contributed by atoms with van der Waals surface area (Å²) in [6.45, 7) is 20.8. The molecule has 0 aliphatic carbocycles. The maximum Gasteiger partial charge on any atom is 0.337 e. The molecule has 2 aromatic carbocycles. The number of aromatic nitrogens is 1. The van der Waals surface area contributed by atoms with E-state index >= 15 is 0 Å². The molecule has 1 saturated heterocycles. The summed E-state index contributed by atoms with van der Waals surface area (Å²) in [5.41, 5.74) is 10.1. The fourth-order valence-corrected chi connectivity index (χ4v) is 7.03. The molecular formula is C37H48ClN3O3. The van der Waals surface area contributed by atoms with Gasteiger partial charge in [0.2, 0.25) is 0 Å². The van der Waals surface area contributed by atoms with Gasteiger partial charge in [0.25, 0.3) is 0 Å². The highest BCUT2D eigenvalue weighted by atomic mass is 35.5. The van der Waals surface area contributed by atoms with E-state index in [1.165, 1.54) is 22.3 Å². The molecule has 3 aromatic rings. The number of fused-ring (bicyclic) bond motifs is 1. The number of aliphatic carboxylic acids is 1. The van der Waals surface area contributed by atoms with Crippen LogP contribution in [-0.2, 0) is 29.0 Å². The molecule has 0 radical (unpaired) electrons. The molecular weight excluding hydrogens is 570 g/mol. The number of hydrogen-bond donors (Lipinski definition) is 1. The molecule has 44 heavy (non-hydrogen) atoms. The van der Waals surface area contributed by atoms with E-state index in [9.17, 15) is 9.90 Å². The Balaban J connectivity index is 1.57. The van der Waals surface area contributed by atoms with Crippen molar-refractivity contribution in [3.05, 3.63) is 80.6 Å². The van der Waals surface area contributed by atoms with Crippen molar-refractivity contribution in [3.63, 3.8) is 0 Å². The smallest absolute Gasteiger partial charge is 0.337 e. The first-order valence-electron chi connectivity index (χ1n) is 15.9. The lowest BCUT2D eigenvalue weighted by atomic mass is 9.81. The molecule has 2 aliphatic rings. The van der Waals surface area contributed by atoms with Gasteiger partial charge in [0.1, 0.15) is 0 Å². The summed E-state index contributed by atoms with van der Waals surface area (Å²) in [4.78, 5) is 22.6. The van der Waals surface area contributed by atoms with E-state index in [1.54, 1.807) is 0 Å². The van der Waals surface area contributed by atoms with E-state index in [4.69, 9.17) is 21.3 Å². The molecule has 0 spiro atoms. The van der Waals surface area contributed by atoms with Crippen LogP contribution < -0.4 is 4.90 Å². The van der Waals surface area contributed by atoms with Gasteiger partial charge in [-0.25, -0.2) is 4.79 Å². The lowest BCUT2D eigenvalue weighted by molar-refractivity contribution is -0.160. The zero-order valence-electron chi connectivity index (χ0n) is 27.7. The number of anilines is 1. The highest BCUT2D eigenvalue weighted by Crippen LogP contribution is 2.45. The van der Waals surface area contributed by atoms with Gasteiger partial charge in [0.05, 0.1) is 11.3 Å². The molecule has 236 valence electrons. The first-order valence-corrected chi connectivity index (χ1v) is 16.3. The average Bonchev–Trinajstić information content (AvgIpc) is 2.93. The minimum atomic E-state index is -1.12. The van der Waals surface area contributed by atoms with Crippen LogP contribution in [0.2, 0.25) is 5.02 Å². The lowest BCUT2D eigenvalue weighted by Crippen LogP contribution is -2.39. The molecule has 7 heteroatoms. The highest BCUT2D eigenvalue weighted by molar-refractivity contribution is 6.31. The maximum absolute atomic E-state index is 12.8. The van der Waals surface area contributed by atoms with Gasteiger partial charge < -0.3 is 14.7 Å². The third-order valence-corrected chi connectivity index (χ3v) is 9.65. The quantitative estimate of drug-likeness (QED) is 0.287. The summed E-state index contributed by atoms with van der Waals surface area (Å²) < 4.78 is 6.26. The zero-order valence-corrected chi connectivity index (χ0v) is 28.4. The van der Waals surface area contributed by atoms with Crippen LogP contribution in [0.1, 0.15) is 92.8 Å². The predicted octanol–water partition coefficient (Wildman–Crippen LogP) is 8.45. The topological polar surface area (TPSA) is 65.9 Å². The number of carboxylic acid groups (broad SMARTS) is 1. The van der Waals surface area contributed by atoms with Crippen LogP contribution in [0.15, 0.2) is 36.4 Å². The third kappa shape index (κ3) is 6.98. The van der Waals surface area contributed by atoms with Crippen LogP contribution in [0.5, 0.6) is 0 Å². The number of ether oxygens (including phenoxy) is 1. The van der Waals surface area contributed by atoms with Crippen LogP contribution in [0.4, 0.5) is 5.69 Å². The van der Waals surface area contributed by atoms with Gasteiger partial charge in [-0.3, -0.25) is 9.88 Å². The first kappa shape index (κ1) is 32.5. The second-order valence-electron chi connectivity index (χ2n) is 14.5. The fourth-order valence-electron chi connectivity index (χ4n) is 6.75. The summed E-state index contributed by atoms with van der Waals surface area (Å²) >= 11 is 6.57. The van der Waals surface area contributed by atoms with Crippen molar-refractivity contribution in [2.45, 2.75) is 99.4 Å². The van der Waals surface area contributed by atoms with Gasteiger partial charge in [-0.1, -0.05) is 55.8 Å². The van der Waals surface area contributed by atoms with E-state index in [1.807, 2.05) is 39.8 Å². The number of rotatable bonds is 7. The number of piperidine rings is 1.